The molecule has 3 atom stereocenters. The Hall–Kier alpha value is -2.46. The van der Waals surface area contributed by atoms with Gasteiger partial charge in [-0.2, -0.15) is 0 Å². The van der Waals surface area contributed by atoms with Crippen LogP contribution in [0.1, 0.15) is 39.9 Å². The molecule has 3 aromatic rings. The lowest BCUT2D eigenvalue weighted by Crippen LogP contribution is -2.41. The fraction of sp³-hybridized carbons (Fsp3) is 0.261. The van der Waals surface area contributed by atoms with Crippen molar-refractivity contribution in [3.63, 3.8) is 0 Å². The lowest BCUT2D eigenvalue weighted by Gasteiger charge is -2.36. The summed E-state index contributed by atoms with van der Waals surface area (Å²) >= 11 is 1.75. The second-order valence-corrected chi connectivity index (χ2v) is 8.39. The van der Waals surface area contributed by atoms with E-state index in [0.717, 1.165) is 24.9 Å². The van der Waals surface area contributed by atoms with Gasteiger partial charge >= 0.3 is 0 Å². The molecular formula is C23H20FNOS. The van der Waals surface area contributed by atoms with Gasteiger partial charge in [-0.05, 0) is 59.0 Å². The molecule has 1 amide bonds. The molecule has 5 rings (SSSR count). The molecule has 0 saturated heterocycles. The van der Waals surface area contributed by atoms with Crippen LogP contribution >= 0.6 is 11.3 Å². The quantitative estimate of drug-likeness (QED) is 0.617. The van der Waals surface area contributed by atoms with E-state index < -0.39 is 0 Å². The van der Waals surface area contributed by atoms with Crippen molar-refractivity contribution in [2.45, 2.75) is 24.8 Å². The van der Waals surface area contributed by atoms with E-state index in [2.05, 4.69) is 23.6 Å². The van der Waals surface area contributed by atoms with E-state index >= 15 is 0 Å². The fourth-order valence-electron chi connectivity index (χ4n) is 4.31. The van der Waals surface area contributed by atoms with E-state index in [1.165, 1.54) is 28.1 Å². The summed E-state index contributed by atoms with van der Waals surface area (Å²) < 4.78 is 13.4. The van der Waals surface area contributed by atoms with Crippen LogP contribution < -0.4 is 0 Å². The molecule has 4 heteroatoms. The molecule has 0 radical (unpaired) electrons. The highest BCUT2D eigenvalue weighted by atomic mass is 32.1. The highest BCUT2D eigenvalue weighted by Gasteiger charge is 2.48. The van der Waals surface area contributed by atoms with E-state index in [1.807, 2.05) is 35.2 Å². The van der Waals surface area contributed by atoms with Crippen LogP contribution in [0.3, 0.4) is 0 Å². The van der Waals surface area contributed by atoms with Crippen molar-refractivity contribution in [2.24, 2.45) is 5.92 Å². The summed E-state index contributed by atoms with van der Waals surface area (Å²) in [5.74, 6) is 0.381. The van der Waals surface area contributed by atoms with E-state index in [-0.39, 0.29) is 23.7 Å². The molecule has 0 N–H and O–H groups in total. The van der Waals surface area contributed by atoms with Gasteiger partial charge in [0.25, 0.3) is 0 Å². The van der Waals surface area contributed by atoms with Gasteiger partial charge in [0.2, 0.25) is 5.91 Å². The number of thiophene rings is 1. The minimum atomic E-state index is -0.246. The van der Waals surface area contributed by atoms with Crippen molar-refractivity contribution in [3.8, 4) is 0 Å². The molecule has 0 bridgehead atoms. The first-order valence-electron chi connectivity index (χ1n) is 9.39. The molecule has 0 spiro atoms. The van der Waals surface area contributed by atoms with Crippen LogP contribution in [0.25, 0.3) is 0 Å². The second-order valence-electron chi connectivity index (χ2n) is 7.39. The maximum atomic E-state index is 13.4. The first kappa shape index (κ1) is 16.7. The van der Waals surface area contributed by atoms with Gasteiger partial charge in [0, 0.05) is 17.3 Å². The third-order valence-electron chi connectivity index (χ3n) is 5.77. The van der Waals surface area contributed by atoms with Crippen molar-refractivity contribution in [2.75, 3.05) is 6.54 Å². The minimum Gasteiger partial charge on any atom is -0.331 e. The van der Waals surface area contributed by atoms with Gasteiger partial charge in [-0.25, -0.2) is 4.39 Å². The molecule has 2 aliphatic rings. The molecule has 1 aliphatic carbocycles. The van der Waals surface area contributed by atoms with E-state index in [4.69, 9.17) is 0 Å². The van der Waals surface area contributed by atoms with Gasteiger partial charge in [-0.15, -0.1) is 11.3 Å². The number of benzene rings is 2. The van der Waals surface area contributed by atoms with Gasteiger partial charge in [-0.3, -0.25) is 4.79 Å². The van der Waals surface area contributed by atoms with E-state index in [1.54, 1.807) is 11.3 Å². The SMILES string of the molecule is O=C([C@H]1C[C@H]1c1ccccc1)N1CCc2sccc2[C@H]1c1ccc(F)cc1. The number of fused-ring (bicyclic) bond motifs is 1. The molecule has 27 heavy (non-hydrogen) atoms. The maximum absolute atomic E-state index is 13.4. The Morgan fingerprint density at radius 2 is 1.78 bits per heavy atom. The Balaban J connectivity index is 1.46. The topological polar surface area (TPSA) is 20.3 Å². The smallest absolute Gasteiger partial charge is 0.227 e. The third-order valence-corrected chi connectivity index (χ3v) is 6.77. The van der Waals surface area contributed by atoms with Crippen LogP contribution in [0.5, 0.6) is 0 Å². The molecule has 1 fully saturated rings. The van der Waals surface area contributed by atoms with Gasteiger partial charge in [0.1, 0.15) is 5.82 Å². The van der Waals surface area contributed by atoms with Crippen LogP contribution in [-0.4, -0.2) is 17.4 Å². The Morgan fingerprint density at radius 1 is 1.00 bits per heavy atom. The predicted molar refractivity (Wildman–Crippen MR) is 105 cm³/mol. The lowest BCUT2D eigenvalue weighted by molar-refractivity contribution is -0.134. The van der Waals surface area contributed by atoms with Crippen LogP contribution in [0.15, 0.2) is 66.0 Å². The van der Waals surface area contributed by atoms with Gasteiger partial charge in [0.05, 0.1) is 6.04 Å². The van der Waals surface area contributed by atoms with Crippen molar-refractivity contribution >= 4 is 17.2 Å². The van der Waals surface area contributed by atoms with Gasteiger partial charge in [-0.1, -0.05) is 42.5 Å². The summed E-state index contributed by atoms with van der Waals surface area (Å²) in [4.78, 5) is 16.7. The highest BCUT2D eigenvalue weighted by Crippen LogP contribution is 2.50. The molecule has 2 nitrogen and oxygen atoms in total. The molecule has 0 unspecified atom stereocenters. The summed E-state index contributed by atoms with van der Waals surface area (Å²) in [7, 11) is 0. The van der Waals surface area contributed by atoms with E-state index in [9.17, 15) is 9.18 Å². The van der Waals surface area contributed by atoms with Crippen LogP contribution in [0.4, 0.5) is 4.39 Å². The Labute approximate surface area is 162 Å². The largest absolute Gasteiger partial charge is 0.331 e. The lowest BCUT2D eigenvalue weighted by atomic mass is 9.92. The standard InChI is InChI=1S/C23H20FNOS/c24-17-8-6-16(7-9-17)22-18-11-13-27-21(18)10-12-25(22)23(26)20-14-19(20)15-4-2-1-3-5-15/h1-9,11,13,19-20,22H,10,12,14H2/t19-,20-,22+/m0/s1. The number of hydrogen-bond acceptors (Lipinski definition) is 2. The number of carbonyl (C=O) groups excluding carboxylic acids is 1. The van der Waals surface area contributed by atoms with Crippen molar-refractivity contribution in [3.05, 3.63) is 93.4 Å². The molecular weight excluding hydrogens is 357 g/mol. The van der Waals surface area contributed by atoms with Crippen molar-refractivity contribution < 1.29 is 9.18 Å². The van der Waals surface area contributed by atoms with Gasteiger partial charge < -0.3 is 4.90 Å². The normalized spacial score (nSPS) is 23.7. The zero-order valence-corrected chi connectivity index (χ0v) is 15.7. The van der Waals surface area contributed by atoms with E-state index in [0.29, 0.717) is 5.92 Å². The summed E-state index contributed by atoms with van der Waals surface area (Å²) in [6.45, 7) is 0.729. The first-order chi connectivity index (χ1) is 13.2. The highest BCUT2D eigenvalue weighted by molar-refractivity contribution is 7.10. The average molecular weight is 377 g/mol. The summed E-state index contributed by atoms with van der Waals surface area (Å²) in [5.41, 5.74) is 3.44. The van der Waals surface area contributed by atoms with Crippen molar-refractivity contribution in [1.82, 2.24) is 4.90 Å². The number of amides is 1. The number of hydrogen-bond donors (Lipinski definition) is 0. The Bertz CT molecular complexity index is 966. The zero-order chi connectivity index (χ0) is 18.4. The first-order valence-corrected chi connectivity index (χ1v) is 10.3. The monoisotopic (exact) mass is 377 g/mol. The molecule has 136 valence electrons. The average Bonchev–Trinajstić information content (AvgIpc) is 3.37. The molecule has 1 aromatic heterocycles. The number of carbonyl (C=O) groups is 1. The molecule has 2 aromatic carbocycles. The Kier molecular flexibility index (Phi) is 4.09. The molecule has 2 heterocycles. The number of nitrogens with zero attached hydrogens (tertiary/aromatic N) is 1. The molecule has 1 aliphatic heterocycles. The van der Waals surface area contributed by atoms with Crippen LogP contribution in [0.2, 0.25) is 0 Å². The minimum absolute atomic E-state index is 0.0653. The van der Waals surface area contributed by atoms with Gasteiger partial charge in [0.15, 0.2) is 0 Å². The van der Waals surface area contributed by atoms with Crippen LogP contribution in [0, 0.1) is 11.7 Å². The number of halogens is 1. The third kappa shape index (κ3) is 2.98. The zero-order valence-electron chi connectivity index (χ0n) is 14.8. The molecule has 1 saturated carbocycles. The predicted octanol–water partition coefficient (Wildman–Crippen LogP) is 5.17. The number of rotatable bonds is 3. The summed E-state index contributed by atoms with van der Waals surface area (Å²) in [6.07, 6.45) is 1.82. The van der Waals surface area contributed by atoms with Crippen LogP contribution in [-0.2, 0) is 11.2 Å². The second kappa shape index (κ2) is 6.61. The maximum Gasteiger partial charge on any atom is 0.227 e. The van der Waals surface area contributed by atoms with Crippen molar-refractivity contribution in [1.29, 1.82) is 0 Å². The Morgan fingerprint density at radius 3 is 2.56 bits per heavy atom. The fourth-order valence-corrected chi connectivity index (χ4v) is 5.21. The summed E-state index contributed by atoms with van der Waals surface area (Å²) in [6, 6.07) is 18.9. The summed E-state index contributed by atoms with van der Waals surface area (Å²) in [5, 5.41) is 2.10.